The first kappa shape index (κ1) is 18.6. The summed E-state index contributed by atoms with van der Waals surface area (Å²) in [6.45, 7) is 7.15. The van der Waals surface area contributed by atoms with Crippen LogP contribution in [0, 0.1) is 24.0 Å². The van der Waals surface area contributed by atoms with Gasteiger partial charge in [0.25, 0.3) is 11.6 Å². The number of anilines is 1. The Morgan fingerprint density at radius 2 is 1.80 bits per heavy atom. The van der Waals surface area contributed by atoms with E-state index in [9.17, 15) is 19.7 Å². The second kappa shape index (κ2) is 7.43. The predicted molar refractivity (Wildman–Crippen MR) is 95.4 cm³/mol. The molecule has 0 bridgehead atoms. The van der Waals surface area contributed by atoms with Crippen LogP contribution in [0.5, 0.6) is 0 Å². The van der Waals surface area contributed by atoms with Crippen molar-refractivity contribution in [2.45, 2.75) is 33.8 Å². The SMILES string of the molecule is Cc1sc(NC(=O)c2ccc([N+](=O)[O-])cc2)c(C(=O)OC(C)C)c1C. The number of ether oxygens (including phenoxy) is 1. The molecule has 0 saturated carbocycles. The Bertz CT molecular complexity index is 824. The Balaban J connectivity index is 2.27. The summed E-state index contributed by atoms with van der Waals surface area (Å²) in [5, 5.41) is 13.8. The fourth-order valence-corrected chi connectivity index (χ4v) is 3.19. The monoisotopic (exact) mass is 362 g/mol. The lowest BCUT2D eigenvalue weighted by Crippen LogP contribution is -2.16. The van der Waals surface area contributed by atoms with Gasteiger partial charge in [0.1, 0.15) is 5.00 Å². The van der Waals surface area contributed by atoms with Gasteiger partial charge in [-0.25, -0.2) is 4.79 Å². The maximum Gasteiger partial charge on any atom is 0.341 e. The van der Waals surface area contributed by atoms with E-state index in [2.05, 4.69) is 5.32 Å². The van der Waals surface area contributed by atoms with Crippen molar-refractivity contribution in [1.29, 1.82) is 0 Å². The van der Waals surface area contributed by atoms with Crippen LogP contribution in [-0.4, -0.2) is 22.9 Å². The number of rotatable bonds is 5. The Hall–Kier alpha value is -2.74. The third-order valence-electron chi connectivity index (χ3n) is 3.50. The third kappa shape index (κ3) is 4.21. The van der Waals surface area contributed by atoms with Crippen LogP contribution in [-0.2, 0) is 4.74 Å². The summed E-state index contributed by atoms with van der Waals surface area (Å²) < 4.78 is 5.24. The normalized spacial score (nSPS) is 10.6. The predicted octanol–water partition coefficient (Wildman–Crippen LogP) is 4.09. The second-order valence-corrected chi connectivity index (χ2v) is 6.92. The van der Waals surface area contributed by atoms with E-state index in [1.807, 2.05) is 6.92 Å². The first-order valence-electron chi connectivity index (χ1n) is 7.57. The molecule has 1 aromatic heterocycles. The first-order valence-corrected chi connectivity index (χ1v) is 8.39. The minimum absolute atomic E-state index is 0.0967. The molecular formula is C17H18N2O5S. The number of benzene rings is 1. The van der Waals surface area contributed by atoms with Crippen molar-refractivity contribution in [3.8, 4) is 0 Å². The molecule has 0 saturated heterocycles. The van der Waals surface area contributed by atoms with Crippen molar-refractivity contribution in [1.82, 2.24) is 0 Å². The largest absolute Gasteiger partial charge is 0.459 e. The van der Waals surface area contributed by atoms with Crippen molar-refractivity contribution in [3.63, 3.8) is 0 Å². The molecule has 1 N–H and O–H groups in total. The van der Waals surface area contributed by atoms with Gasteiger partial charge in [-0.05, 0) is 45.4 Å². The first-order chi connectivity index (χ1) is 11.7. The molecule has 1 heterocycles. The average Bonchev–Trinajstić information content (AvgIpc) is 2.81. The number of esters is 1. The Labute approximate surface area is 148 Å². The number of nitro benzene ring substituents is 1. The van der Waals surface area contributed by atoms with E-state index in [-0.39, 0.29) is 17.4 Å². The van der Waals surface area contributed by atoms with Gasteiger partial charge in [0.05, 0.1) is 16.6 Å². The highest BCUT2D eigenvalue weighted by Gasteiger charge is 2.23. The minimum Gasteiger partial charge on any atom is -0.459 e. The van der Waals surface area contributed by atoms with Gasteiger partial charge >= 0.3 is 5.97 Å². The van der Waals surface area contributed by atoms with E-state index in [0.29, 0.717) is 10.6 Å². The zero-order chi connectivity index (χ0) is 18.7. The summed E-state index contributed by atoms with van der Waals surface area (Å²) in [5.74, 6) is -0.939. The maximum atomic E-state index is 12.4. The molecule has 0 unspecified atom stereocenters. The summed E-state index contributed by atoms with van der Waals surface area (Å²) in [4.78, 5) is 35.7. The molecule has 8 heteroatoms. The number of nitro groups is 1. The molecule has 0 atom stereocenters. The molecule has 2 rings (SSSR count). The Morgan fingerprint density at radius 3 is 2.32 bits per heavy atom. The Kier molecular flexibility index (Phi) is 5.53. The van der Waals surface area contributed by atoms with Gasteiger partial charge in [-0.2, -0.15) is 0 Å². The van der Waals surface area contributed by atoms with E-state index >= 15 is 0 Å². The van der Waals surface area contributed by atoms with Crippen LogP contribution < -0.4 is 5.32 Å². The summed E-state index contributed by atoms with van der Waals surface area (Å²) in [6.07, 6.45) is -0.273. The zero-order valence-electron chi connectivity index (χ0n) is 14.3. The lowest BCUT2D eigenvalue weighted by Gasteiger charge is -2.10. The quantitative estimate of drug-likeness (QED) is 0.491. The number of carbonyl (C=O) groups excluding carboxylic acids is 2. The van der Waals surface area contributed by atoms with E-state index in [4.69, 9.17) is 4.74 Å². The van der Waals surface area contributed by atoms with E-state index < -0.39 is 16.8 Å². The van der Waals surface area contributed by atoms with Gasteiger partial charge in [-0.3, -0.25) is 14.9 Å². The van der Waals surface area contributed by atoms with Crippen LogP contribution in [0.25, 0.3) is 0 Å². The molecule has 0 spiro atoms. The lowest BCUT2D eigenvalue weighted by atomic mass is 10.1. The molecule has 2 aromatic rings. The molecule has 25 heavy (non-hydrogen) atoms. The number of hydrogen-bond donors (Lipinski definition) is 1. The van der Waals surface area contributed by atoms with Crippen LogP contribution in [0.3, 0.4) is 0 Å². The van der Waals surface area contributed by atoms with Gasteiger partial charge in [0.2, 0.25) is 0 Å². The lowest BCUT2D eigenvalue weighted by molar-refractivity contribution is -0.384. The van der Waals surface area contributed by atoms with Gasteiger partial charge in [0.15, 0.2) is 0 Å². The number of hydrogen-bond acceptors (Lipinski definition) is 6. The average molecular weight is 362 g/mol. The van der Waals surface area contributed by atoms with Crippen LogP contribution in [0.1, 0.15) is 45.0 Å². The number of carbonyl (C=O) groups is 2. The van der Waals surface area contributed by atoms with E-state index in [1.54, 1.807) is 20.8 Å². The number of non-ortho nitro benzene ring substituents is 1. The van der Waals surface area contributed by atoms with Crippen LogP contribution in [0.2, 0.25) is 0 Å². The molecule has 1 amide bonds. The Morgan fingerprint density at radius 1 is 1.20 bits per heavy atom. The van der Waals surface area contributed by atoms with E-state index in [1.165, 1.54) is 35.6 Å². The summed E-state index contributed by atoms with van der Waals surface area (Å²) >= 11 is 1.29. The van der Waals surface area contributed by atoms with Crippen LogP contribution in [0.15, 0.2) is 24.3 Å². The number of aryl methyl sites for hydroxylation is 1. The molecular weight excluding hydrogens is 344 g/mol. The minimum atomic E-state index is -0.534. The highest BCUT2D eigenvalue weighted by atomic mass is 32.1. The number of thiophene rings is 1. The van der Waals surface area contributed by atoms with Gasteiger partial charge in [0, 0.05) is 22.6 Å². The number of amides is 1. The fraction of sp³-hybridized carbons (Fsp3) is 0.294. The van der Waals surface area contributed by atoms with E-state index in [0.717, 1.165) is 10.4 Å². The molecule has 7 nitrogen and oxygen atoms in total. The van der Waals surface area contributed by atoms with Gasteiger partial charge < -0.3 is 10.1 Å². The highest BCUT2D eigenvalue weighted by molar-refractivity contribution is 7.16. The molecule has 0 fully saturated rings. The highest BCUT2D eigenvalue weighted by Crippen LogP contribution is 2.33. The number of nitrogens with zero attached hydrogens (tertiary/aromatic N) is 1. The molecule has 0 aliphatic rings. The maximum absolute atomic E-state index is 12.4. The third-order valence-corrected chi connectivity index (χ3v) is 4.62. The van der Waals surface area contributed by atoms with Crippen molar-refractivity contribution < 1.29 is 19.2 Å². The van der Waals surface area contributed by atoms with Crippen LogP contribution >= 0.6 is 11.3 Å². The molecule has 0 aliphatic carbocycles. The second-order valence-electron chi connectivity index (χ2n) is 5.70. The van der Waals surface area contributed by atoms with Gasteiger partial charge in [-0.15, -0.1) is 11.3 Å². The summed E-state index contributed by atoms with van der Waals surface area (Å²) in [5.41, 5.74) is 1.26. The number of nitrogens with one attached hydrogen (secondary N) is 1. The summed E-state index contributed by atoms with van der Waals surface area (Å²) in [6, 6.07) is 5.25. The zero-order valence-corrected chi connectivity index (χ0v) is 15.1. The molecule has 0 aliphatic heterocycles. The van der Waals surface area contributed by atoms with Crippen molar-refractivity contribution in [2.75, 3.05) is 5.32 Å². The molecule has 1 aromatic carbocycles. The standard InChI is InChI=1S/C17H18N2O5S/c1-9(2)24-17(21)14-10(3)11(4)25-16(14)18-15(20)12-5-7-13(8-6-12)19(22)23/h5-9H,1-4H3,(H,18,20). The van der Waals surface area contributed by atoms with Gasteiger partial charge in [-0.1, -0.05) is 0 Å². The molecule has 0 radical (unpaired) electrons. The van der Waals surface area contributed by atoms with Crippen molar-refractivity contribution in [2.24, 2.45) is 0 Å². The van der Waals surface area contributed by atoms with Crippen molar-refractivity contribution in [3.05, 3.63) is 55.9 Å². The van der Waals surface area contributed by atoms with Crippen LogP contribution in [0.4, 0.5) is 10.7 Å². The molecule has 132 valence electrons. The topological polar surface area (TPSA) is 98.5 Å². The fourth-order valence-electron chi connectivity index (χ4n) is 2.14. The smallest absolute Gasteiger partial charge is 0.341 e. The summed E-state index contributed by atoms with van der Waals surface area (Å²) in [7, 11) is 0. The van der Waals surface area contributed by atoms with Crippen molar-refractivity contribution >= 4 is 33.9 Å².